The van der Waals surface area contributed by atoms with Gasteiger partial charge in [0.1, 0.15) is 0 Å². The highest BCUT2D eigenvalue weighted by molar-refractivity contribution is 5.96. The van der Waals surface area contributed by atoms with E-state index in [0.29, 0.717) is 17.3 Å². The van der Waals surface area contributed by atoms with E-state index in [9.17, 15) is 22.8 Å². The third kappa shape index (κ3) is 5.08. The summed E-state index contributed by atoms with van der Waals surface area (Å²) in [5, 5.41) is 13.5. The quantitative estimate of drug-likeness (QED) is 0.743. The van der Waals surface area contributed by atoms with Crippen LogP contribution in [-0.2, 0) is 9.59 Å². The normalized spacial score (nSPS) is 11.6. The highest BCUT2D eigenvalue weighted by atomic mass is 19.2. The number of nitriles is 1. The monoisotopic (exact) mass is 390 g/mol. The van der Waals surface area contributed by atoms with E-state index in [1.165, 1.54) is 11.9 Å². The maximum Gasteiger partial charge on any atom is 0.241 e. The van der Waals surface area contributed by atoms with Gasteiger partial charge in [-0.3, -0.25) is 14.5 Å². The van der Waals surface area contributed by atoms with Crippen LogP contribution in [0.25, 0.3) is 0 Å². The molecular formula is C19H17F3N4O2. The number of hydrogen-bond donors (Lipinski definition) is 2. The third-order valence-corrected chi connectivity index (χ3v) is 4.02. The van der Waals surface area contributed by atoms with Crippen LogP contribution in [0.15, 0.2) is 36.4 Å². The predicted octanol–water partition coefficient (Wildman–Crippen LogP) is 2.87. The van der Waals surface area contributed by atoms with Gasteiger partial charge in [-0.2, -0.15) is 5.26 Å². The lowest BCUT2D eigenvalue weighted by Gasteiger charge is -2.23. The zero-order valence-electron chi connectivity index (χ0n) is 15.1. The Kier molecular flexibility index (Phi) is 6.74. The van der Waals surface area contributed by atoms with Crippen LogP contribution in [0.2, 0.25) is 0 Å². The summed E-state index contributed by atoms with van der Waals surface area (Å²) in [5.74, 6) is -5.64. The van der Waals surface area contributed by atoms with Gasteiger partial charge in [0, 0.05) is 5.69 Å². The lowest BCUT2D eigenvalue weighted by molar-refractivity contribution is -0.122. The van der Waals surface area contributed by atoms with Crippen molar-refractivity contribution >= 4 is 23.2 Å². The maximum absolute atomic E-state index is 13.6. The van der Waals surface area contributed by atoms with Gasteiger partial charge in [0.2, 0.25) is 11.8 Å². The SMILES string of the molecule is C[C@H](C(=O)Nc1ccc(C#N)cc1)N(C)CC(=O)Nc1ccc(F)c(F)c1F. The molecule has 6 nitrogen and oxygen atoms in total. The van der Waals surface area contributed by atoms with Crippen LogP contribution >= 0.6 is 0 Å². The second-order valence-corrected chi connectivity index (χ2v) is 6.04. The van der Waals surface area contributed by atoms with Gasteiger partial charge in [0.05, 0.1) is 29.9 Å². The number of nitrogens with one attached hydrogen (secondary N) is 2. The number of amides is 2. The summed E-state index contributed by atoms with van der Waals surface area (Å²) in [6.07, 6.45) is 0. The molecule has 2 rings (SSSR count). The fourth-order valence-electron chi connectivity index (χ4n) is 2.25. The van der Waals surface area contributed by atoms with Crippen LogP contribution in [0.1, 0.15) is 12.5 Å². The van der Waals surface area contributed by atoms with Gasteiger partial charge in [-0.25, -0.2) is 13.2 Å². The first-order chi connectivity index (χ1) is 13.2. The van der Waals surface area contributed by atoms with Crippen molar-refractivity contribution in [2.45, 2.75) is 13.0 Å². The lowest BCUT2D eigenvalue weighted by Crippen LogP contribution is -2.43. The Morgan fingerprint density at radius 3 is 2.32 bits per heavy atom. The molecule has 0 aromatic heterocycles. The van der Waals surface area contributed by atoms with Gasteiger partial charge < -0.3 is 10.6 Å². The molecular weight excluding hydrogens is 373 g/mol. The number of carbonyl (C=O) groups is 2. The average Bonchev–Trinajstić information content (AvgIpc) is 2.68. The summed E-state index contributed by atoms with van der Waals surface area (Å²) in [6, 6.07) is 9.09. The highest BCUT2D eigenvalue weighted by Crippen LogP contribution is 2.19. The van der Waals surface area contributed by atoms with E-state index >= 15 is 0 Å². The summed E-state index contributed by atoms with van der Waals surface area (Å²) < 4.78 is 39.8. The zero-order valence-corrected chi connectivity index (χ0v) is 15.1. The number of carbonyl (C=O) groups excluding carboxylic acids is 2. The van der Waals surface area contributed by atoms with Gasteiger partial charge in [-0.05, 0) is 50.4 Å². The molecule has 0 heterocycles. The van der Waals surface area contributed by atoms with E-state index in [1.807, 2.05) is 6.07 Å². The first kappa shape index (κ1) is 20.9. The molecule has 0 spiro atoms. The highest BCUT2D eigenvalue weighted by Gasteiger charge is 2.21. The van der Waals surface area contributed by atoms with Crippen molar-refractivity contribution in [2.24, 2.45) is 0 Å². The molecule has 2 aromatic rings. The van der Waals surface area contributed by atoms with Crippen LogP contribution in [0, 0.1) is 28.8 Å². The summed E-state index contributed by atoms with van der Waals surface area (Å²) in [7, 11) is 1.50. The minimum atomic E-state index is -1.68. The topological polar surface area (TPSA) is 85.2 Å². The number of benzene rings is 2. The molecule has 9 heteroatoms. The van der Waals surface area contributed by atoms with Crippen molar-refractivity contribution in [3.05, 3.63) is 59.4 Å². The summed E-state index contributed by atoms with van der Waals surface area (Å²) in [4.78, 5) is 25.7. The molecule has 0 saturated carbocycles. The first-order valence-electron chi connectivity index (χ1n) is 8.17. The molecule has 0 aliphatic rings. The third-order valence-electron chi connectivity index (χ3n) is 4.02. The van der Waals surface area contributed by atoms with E-state index < -0.39 is 41.0 Å². The molecule has 146 valence electrons. The molecule has 0 unspecified atom stereocenters. The smallest absolute Gasteiger partial charge is 0.241 e. The van der Waals surface area contributed by atoms with E-state index in [-0.39, 0.29) is 6.54 Å². The summed E-state index contributed by atoms with van der Waals surface area (Å²) in [6.45, 7) is 1.27. The molecule has 2 amide bonds. The van der Waals surface area contributed by atoms with E-state index in [4.69, 9.17) is 5.26 Å². The van der Waals surface area contributed by atoms with E-state index in [1.54, 1.807) is 31.2 Å². The molecule has 0 saturated heterocycles. The number of hydrogen-bond acceptors (Lipinski definition) is 4. The van der Waals surface area contributed by atoms with Crippen LogP contribution in [0.5, 0.6) is 0 Å². The number of nitrogens with zero attached hydrogens (tertiary/aromatic N) is 2. The van der Waals surface area contributed by atoms with Gasteiger partial charge in [0.15, 0.2) is 17.5 Å². The van der Waals surface area contributed by atoms with Crippen LogP contribution in [0.4, 0.5) is 24.5 Å². The Labute approximate surface area is 159 Å². The standard InChI is InChI=1S/C19H17F3N4O2/c1-11(19(28)24-13-5-3-12(9-23)4-6-13)26(2)10-16(27)25-15-8-7-14(20)17(21)18(15)22/h3-8,11H,10H2,1-2H3,(H,24,28)(H,25,27)/t11-/m1/s1. The Hall–Kier alpha value is -3.38. The van der Waals surface area contributed by atoms with Gasteiger partial charge in [-0.15, -0.1) is 0 Å². The summed E-state index contributed by atoms with van der Waals surface area (Å²) in [5.41, 5.74) is 0.439. The van der Waals surface area contributed by atoms with E-state index in [0.717, 1.165) is 6.07 Å². The second-order valence-electron chi connectivity index (χ2n) is 6.04. The fourth-order valence-corrected chi connectivity index (χ4v) is 2.25. The minimum absolute atomic E-state index is 0.291. The Morgan fingerprint density at radius 1 is 1.07 bits per heavy atom. The molecule has 0 fully saturated rings. The molecule has 2 aromatic carbocycles. The molecule has 2 N–H and O–H groups in total. The van der Waals surface area contributed by atoms with Crippen molar-refractivity contribution in [1.29, 1.82) is 5.26 Å². The Morgan fingerprint density at radius 2 is 1.71 bits per heavy atom. The lowest BCUT2D eigenvalue weighted by atomic mass is 10.2. The molecule has 1 atom stereocenters. The van der Waals surface area contributed by atoms with Crippen molar-refractivity contribution in [3.63, 3.8) is 0 Å². The molecule has 0 aliphatic heterocycles. The van der Waals surface area contributed by atoms with Crippen LogP contribution in [0.3, 0.4) is 0 Å². The van der Waals surface area contributed by atoms with Gasteiger partial charge in [-0.1, -0.05) is 0 Å². The van der Waals surface area contributed by atoms with Crippen molar-refractivity contribution < 1.29 is 22.8 Å². The molecule has 0 aliphatic carbocycles. The minimum Gasteiger partial charge on any atom is -0.325 e. The molecule has 0 bridgehead atoms. The van der Waals surface area contributed by atoms with Gasteiger partial charge in [0.25, 0.3) is 0 Å². The first-order valence-corrected chi connectivity index (χ1v) is 8.17. The van der Waals surface area contributed by atoms with Crippen molar-refractivity contribution in [1.82, 2.24) is 4.90 Å². The van der Waals surface area contributed by atoms with E-state index in [2.05, 4.69) is 10.6 Å². The zero-order chi connectivity index (χ0) is 20.8. The number of anilines is 2. The Balaban J connectivity index is 1.94. The number of likely N-dealkylation sites (N-methyl/N-ethyl adjacent to an activating group) is 1. The second kappa shape index (κ2) is 9.01. The van der Waals surface area contributed by atoms with Gasteiger partial charge >= 0.3 is 0 Å². The van der Waals surface area contributed by atoms with Crippen LogP contribution < -0.4 is 10.6 Å². The predicted molar refractivity (Wildman–Crippen MR) is 96.8 cm³/mol. The van der Waals surface area contributed by atoms with Crippen molar-refractivity contribution in [3.8, 4) is 6.07 Å². The molecule has 28 heavy (non-hydrogen) atoms. The largest absolute Gasteiger partial charge is 0.325 e. The number of halogens is 3. The summed E-state index contributed by atoms with van der Waals surface area (Å²) >= 11 is 0. The van der Waals surface area contributed by atoms with Crippen molar-refractivity contribution in [2.75, 3.05) is 24.2 Å². The Bertz CT molecular complexity index is 926. The van der Waals surface area contributed by atoms with Crippen LogP contribution in [-0.4, -0.2) is 36.3 Å². The number of rotatable bonds is 6. The fraction of sp³-hybridized carbons (Fsp3) is 0.211. The average molecular weight is 390 g/mol. The maximum atomic E-state index is 13.6. The molecule has 0 radical (unpaired) electrons.